The first-order valence-electron chi connectivity index (χ1n) is 7.89. The smallest absolute Gasteiger partial charge is 0.242 e. The van der Waals surface area contributed by atoms with E-state index in [4.69, 9.17) is 4.74 Å². The Morgan fingerprint density at radius 3 is 2.83 bits per heavy atom. The first kappa shape index (κ1) is 17.4. The third-order valence-electron chi connectivity index (χ3n) is 3.98. The van der Waals surface area contributed by atoms with Gasteiger partial charge in [-0.1, -0.05) is 18.2 Å². The molecule has 0 saturated carbocycles. The highest BCUT2D eigenvalue weighted by molar-refractivity contribution is 5.85. The van der Waals surface area contributed by atoms with Gasteiger partial charge in [0.1, 0.15) is 5.82 Å². The maximum atomic E-state index is 13.8. The van der Waals surface area contributed by atoms with Crippen LogP contribution in [0.25, 0.3) is 0 Å². The molecule has 0 radical (unpaired) electrons. The summed E-state index contributed by atoms with van der Waals surface area (Å²) in [6.07, 6.45) is 2.30. The van der Waals surface area contributed by atoms with E-state index in [-0.39, 0.29) is 30.7 Å². The molecule has 1 heterocycles. The zero-order valence-electron chi connectivity index (χ0n) is 13.5. The molecule has 2 rings (SSSR count). The predicted octanol–water partition coefficient (Wildman–Crippen LogP) is 1.81. The molecule has 1 aromatic rings. The lowest BCUT2D eigenvalue weighted by atomic mass is 10.1. The van der Waals surface area contributed by atoms with E-state index in [1.807, 2.05) is 0 Å². The zero-order valence-corrected chi connectivity index (χ0v) is 13.5. The fourth-order valence-electron chi connectivity index (χ4n) is 2.62. The molecule has 1 aromatic carbocycles. The van der Waals surface area contributed by atoms with Gasteiger partial charge in [0, 0.05) is 38.7 Å². The van der Waals surface area contributed by atoms with Gasteiger partial charge in [0.2, 0.25) is 11.8 Å². The summed E-state index contributed by atoms with van der Waals surface area (Å²) in [7, 11) is 1.56. The molecule has 1 saturated heterocycles. The van der Waals surface area contributed by atoms with Gasteiger partial charge in [0.05, 0.1) is 13.2 Å². The number of piperidine rings is 1. The minimum absolute atomic E-state index is 0.0159. The minimum Gasteiger partial charge on any atom is -0.383 e. The van der Waals surface area contributed by atoms with Gasteiger partial charge in [0.15, 0.2) is 0 Å². The Morgan fingerprint density at radius 1 is 1.35 bits per heavy atom. The molecule has 0 N–H and O–H groups in total. The van der Waals surface area contributed by atoms with Crippen molar-refractivity contribution in [3.63, 3.8) is 0 Å². The second kappa shape index (κ2) is 8.62. The molecule has 5 nitrogen and oxygen atoms in total. The summed E-state index contributed by atoms with van der Waals surface area (Å²) in [5.74, 6) is -0.500. The highest BCUT2D eigenvalue weighted by Crippen LogP contribution is 2.13. The van der Waals surface area contributed by atoms with Crippen LogP contribution in [-0.2, 0) is 20.9 Å². The number of carbonyl (C=O) groups is 2. The summed E-state index contributed by atoms with van der Waals surface area (Å²) in [6, 6.07) is 6.40. The standard InChI is InChI=1S/C17H23FN2O3/c1-23-11-10-20(12-14-6-2-3-7-15(14)18)17(22)13-19-9-5-4-8-16(19)21/h2-3,6-7H,4-5,8-13H2,1H3. The molecule has 0 bridgehead atoms. The van der Waals surface area contributed by atoms with Crippen LogP contribution < -0.4 is 0 Å². The van der Waals surface area contributed by atoms with Crippen LogP contribution in [0.1, 0.15) is 24.8 Å². The fourth-order valence-corrected chi connectivity index (χ4v) is 2.62. The van der Waals surface area contributed by atoms with Crippen LogP contribution in [-0.4, -0.2) is 55.0 Å². The summed E-state index contributed by atoms with van der Waals surface area (Å²) in [6.45, 7) is 1.58. The van der Waals surface area contributed by atoms with Crippen molar-refractivity contribution in [1.29, 1.82) is 0 Å². The monoisotopic (exact) mass is 322 g/mol. The zero-order chi connectivity index (χ0) is 16.7. The molecule has 1 aliphatic heterocycles. The molecule has 1 fully saturated rings. The Bertz CT molecular complexity index is 550. The van der Waals surface area contributed by atoms with Crippen LogP contribution in [0.15, 0.2) is 24.3 Å². The van der Waals surface area contributed by atoms with Crippen LogP contribution >= 0.6 is 0 Å². The van der Waals surface area contributed by atoms with Crippen LogP contribution in [0, 0.1) is 5.82 Å². The largest absolute Gasteiger partial charge is 0.383 e. The van der Waals surface area contributed by atoms with E-state index in [2.05, 4.69) is 0 Å². The molecule has 0 unspecified atom stereocenters. The van der Waals surface area contributed by atoms with E-state index in [0.29, 0.717) is 31.7 Å². The number of methoxy groups -OCH3 is 1. The number of nitrogens with zero attached hydrogens (tertiary/aromatic N) is 2. The number of hydrogen-bond donors (Lipinski definition) is 0. The summed E-state index contributed by atoms with van der Waals surface area (Å²) < 4.78 is 18.9. The Hall–Kier alpha value is -1.95. The summed E-state index contributed by atoms with van der Waals surface area (Å²) in [5, 5.41) is 0. The molecule has 23 heavy (non-hydrogen) atoms. The van der Waals surface area contributed by atoms with Crippen LogP contribution in [0.4, 0.5) is 4.39 Å². The highest BCUT2D eigenvalue weighted by atomic mass is 19.1. The van der Waals surface area contributed by atoms with Gasteiger partial charge < -0.3 is 14.5 Å². The first-order chi connectivity index (χ1) is 11.1. The van der Waals surface area contributed by atoms with E-state index in [9.17, 15) is 14.0 Å². The van der Waals surface area contributed by atoms with Crippen molar-refractivity contribution in [2.45, 2.75) is 25.8 Å². The maximum absolute atomic E-state index is 13.8. The number of rotatable bonds is 7. The van der Waals surface area contributed by atoms with Crippen molar-refractivity contribution in [3.8, 4) is 0 Å². The number of halogens is 1. The van der Waals surface area contributed by atoms with Crippen LogP contribution in [0.3, 0.4) is 0 Å². The van der Waals surface area contributed by atoms with E-state index in [1.165, 1.54) is 6.07 Å². The third-order valence-corrected chi connectivity index (χ3v) is 3.98. The second-order valence-electron chi connectivity index (χ2n) is 5.67. The van der Waals surface area contributed by atoms with Gasteiger partial charge in [-0.3, -0.25) is 9.59 Å². The molecule has 0 spiro atoms. The molecule has 0 atom stereocenters. The first-order valence-corrected chi connectivity index (χ1v) is 7.89. The van der Waals surface area contributed by atoms with E-state index >= 15 is 0 Å². The lowest BCUT2D eigenvalue weighted by Crippen LogP contribution is -2.45. The molecule has 0 aromatic heterocycles. The van der Waals surface area contributed by atoms with Crippen LogP contribution in [0.5, 0.6) is 0 Å². The topological polar surface area (TPSA) is 49.9 Å². The van der Waals surface area contributed by atoms with Gasteiger partial charge in [-0.2, -0.15) is 0 Å². The number of carbonyl (C=O) groups excluding carboxylic acids is 2. The van der Waals surface area contributed by atoms with Crippen molar-refractivity contribution in [2.75, 3.05) is 33.4 Å². The van der Waals surface area contributed by atoms with Crippen molar-refractivity contribution >= 4 is 11.8 Å². The molecular weight excluding hydrogens is 299 g/mol. The molecular formula is C17H23FN2O3. The van der Waals surface area contributed by atoms with Crippen molar-refractivity contribution in [3.05, 3.63) is 35.6 Å². The Balaban J connectivity index is 2.03. The van der Waals surface area contributed by atoms with Crippen molar-refractivity contribution in [2.24, 2.45) is 0 Å². The quantitative estimate of drug-likeness (QED) is 0.769. The van der Waals surface area contributed by atoms with E-state index < -0.39 is 0 Å². The normalized spacial score (nSPS) is 14.9. The Morgan fingerprint density at radius 2 is 2.13 bits per heavy atom. The average molecular weight is 322 g/mol. The number of hydrogen-bond acceptors (Lipinski definition) is 3. The average Bonchev–Trinajstić information content (AvgIpc) is 2.55. The van der Waals surface area contributed by atoms with Gasteiger partial charge in [0.25, 0.3) is 0 Å². The van der Waals surface area contributed by atoms with Gasteiger partial charge >= 0.3 is 0 Å². The number of likely N-dealkylation sites (tertiary alicyclic amines) is 1. The highest BCUT2D eigenvalue weighted by Gasteiger charge is 2.23. The summed E-state index contributed by atoms with van der Waals surface area (Å²) >= 11 is 0. The van der Waals surface area contributed by atoms with Gasteiger partial charge in [-0.25, -0.2) is 4.39 Å². The van der Waals surface area contributed by atoms with E-state index in [0.717, 1.165) is 12.8 Å². The lowest BCUT2D eigenvalue weighted by Gasteiger charge is -2.30. The number of amides is 2. The molecule has 1 aliphatic rings. The Labute approximate surface area is 136 Å². The maximum Gasteiger partial charge on any atom is 0.242 e. The summed E-state index contributed by atoms with van der Waals surface area (Å²) in [5.41, 5.74) is 0.460. The summed E-state index contributed by atoms with van der Waals surface area (Å²) in [4.78, 5) is 27.5. The van der Waals surface area contributed by atoms with Gasteiger partial charge in [-0.15, -0.1) is 0 Å². The fraction of sp³-hybridized carbons (Fsp3) is 0.529. The lowest BCUT2D eigenvalue weighted by molar-refractivity contribution is -0.142. The second-order valence-corrected chi connectivity index (χ2v) is 5.67. The molecule has 6 heteroatoms. The molecule has 0 aliphatic carbocycles. The minimum atomic E-state index is -0.336. The molecule has 2 amide bonds. The number of benzene rings is 1. The van der Waals surface area contributed by atoms with Gasteiger partial charge in [-0.05, 0) is 18.9 Å². The van der Waals surface area contributed by atoms with Crippen molar-refractivity contribution in [1.82, 2.24) is 9.80 Å². The van der Waals surface area contributed by atoms with Crippen molar-refractivity contribution < 1.29 is 18.7 Å². The van der Waals surface area contributed by atoms with E-state index in [1.54, 1.807) is 35.1 Å². The van der Waals surface area contributed by atoms with Crippen LogP contribution in [0.2, 0.25) is 0 Å². The predicted molar refractivity (Wildman–Crippen MR) is 84.1 cm³/mol. The molecule has 126 valence electrons. The Kier molecular flexibility index (Phi) is 6.52. The third kappa shape index (κ3) is 5.03. The SMILES string of the molecule is COCCN(Cc1ccccc1F)C(=O)CN1CCCCC1=O. The number of ether oxygens (including phenoxy) is 1.